The highest BCUT2D eigenvalue weighted by molar-refractivity contribution is 9.10. The van der Waals surface area contributed by atoms with Crippen LogP contribution in [0.5, 0.6) is 11.5 Å². The van der Waals surface area contributed by atoms with Gasteiger partial charge in [0.15, 0.2) is 22.1 Å². The Morgan fingerprint density at radius 1 is 1.25 bits per heavy atom. The van der Waals surface area contributed by atoms with E-state index < -0.39 is 17.9 Å². The van der Waals surface area contributed by atoms with Gasteiger partial charge in [-0.25, -0.2) is 9.78 Å². The Labute approximate surface area is 217 Å². The molecule has 184 valence electrons. The second kappa shape index (κ2) is 9.07. The summed E-state index contributed by atoms with van der Waals surface area (Å²) in [5, 5.41) is 10.6. The number of rotatable bonds is 5. The molecule has 9 nitrogen and oxygen atoms in total. The van der Waals surface area contributed by atoms with E-state index >= 15 is 0 Å². The topological polar surface area (TPSA) is 119 Å². The molecule has 0 saturated heterocycles. The molecule has 0 fully saturated rings. The molecule has 36 heavy (non-hydrogen) atoms. The maximum absolute atomic E-state index is 13.7. The monoisotopic (exact) mass is 570 g/mol. The number of nitrogens with zero attached hydrogens (tertiary/aromatic N) is 2. The number of hydrogen-bond donors (Lipinski definition) is 1. The third kappa shape index (κ3) is 3.75. The number of aryl methyl sites for hydroxylation is 1. The highest BCUT2D eigenvalue weighted by atomic mass is 79.9. The van der Waals surface area contributed by atoms with Gasteiger partial charge in [-0.2, -0.15) is 0 Å². The van der Waals surface area contributed by atoms with Crippen molar-refractivity contribution >= 4 is 55.2 Å². The number of anilines is 1. The summed E-state index contributed by atoms with van der Waals surface area (Å²) in [6.45, 7) is 3.54. The number of benzene rings is 2. The molecule has 1 aliphatic heterocycles. The Balaban J connectivity index is 1.77. The third-order valence-electron chi connectivity index (χ3n) is 5.80. The van der Waals surface area contributed by atoms with Crippen molar-refractivity contribution in [3.05, 3.63) is 78.6 Å². The lowest BCUT2D eigenvalue weighted by Gasteiger charge is -2.23. The van der Waals surface area contributed by atoms with E-state index in [9.17, 15) is 19.5 Å². The fraction of sp³-hybridized carbons (Fsp3) is 0.200. The second-order valence-electron chi connectivity index (χ2n) is 7.95. The smallest absolute Gasteiger partial charge is 0.350 e. The van der Waals surface area contributed by atoms with Crippen LogP contribution in [0.25, 0.3) is 11.0 Å². The van der Waals surface area contributed by atoms with Gasteiger partial charge in [0, 0.05) is 4.47 Å². The number of phenols is 1. The maximum atomic E-state index is 13.7. The highest BCUT2D eigenvalue weighted by Gasteiger charge is 2.45. The normalized spacial score (nSPS) is 14.8. The van der Waals surface area contributed by atoms with Crippen LogP contribution in [0.1, 0.15) is 50.0 Å². The van der Waals surface area contributed by atoms with Gasteiger partial charge in [0.25, 0.3) is 5.91 Å². The number of amides is 1. The lowest BCUT2D eigenvalue weighted by Crippen LogP contribution is -2.29. The Bertz CT molecular complexity index is 1610. The zero-order chi connectivity index (χ0) is 25.7. The Hall–Kier alpha value is -3.70. The number of fused-ring (bicyclic) bond motifs is 2. The van der Waals surface area contributed by atoms with E-state index in [0.717, 1.165) is 11.3 Å². The van der Waals surface area contributed by atoms with Gasteiger partial charge >= 0.3 is 5.97 Å². The van der Waals surface area contributed by atoms with Gasteiger partial charge in [-0.1, -0.05) is 33.3 Å². The molecule has 1 N–H and O–H groups in total. The van der Waals surface area contributed by atoms with Crippen LogP contribution in [0, 0.1) is 6.92 Å². The third-order valence-corrected chi connectivity index (χ3v) is 7.43. The first-order valence-electron chi connectivity index (χ1n) is 10.9. The average Bonchev–Trinajstić information content (AvgIpc) is 3.37. The van der Waals surface area contributed by atoms with Gasteiger partial charge < -0.3 is 19.0 Å². The number of phenolic OH excluding ortho intramolecular Hbond substituents is 1. The summed E-state index contributed by atoms with van der Waals surface area (Å²) in [5.74, 6) is -1.16. The second-order valence-corrected chi connectivity index (χ2v) is 9.85. The van der Waals surface area contributed by atoms with Crippen LogP contribution in [0.4, 0.5) is 5.13 Å². The standard InChI is InChI=1S/C25H19BrN2O7S/c1-4-34-24(32)22-11(2)27-25(36-22)28-19(12-5-7-15(29)17(9-12)33-3)18-20(30)14-10-13(26)6-8-16(14)35-21(18)23(28)31/h5-10,19,29H,4H2,1-3H3. The van der Waals surface area contributed by atoms with Crippen LogP contribution < -0.4 is 15.1 Å². The summed E-state index contributed by atoms with van der Waals surface area (Å²) in [4.78, 5) is 46.0. The number of thiazole rings is 1. The molecule has 4 aromatic rings. The largest absolute Gasteiger partial charge is 0.504 e. The van der Waals surface area contributed by atoms with E-state index in [2.05, 4.69) is 20.9 Å². The number of aromatic nitrogens is 1. The van der Waals surface area contributed by atoms with Gasteiger partial charge in [0.2, 0.25) is 5.76 Å². The SMILES string of the molecule is CCOC(=O)c1sc(N2C(=O)c3oc4ccc(Br)cc4c(=O)c3C2c2ccc(O)c(OC)c2)nc1C. The molecule has 0 radical (unpaired) electrons. The van der Waals surface area contributed by atoms with Crippen molar-refractivity contribution in [1.82, 2.24) is 4.98 Å². The molecule has 11 heteroatoms. The number of ether oxygens (including phenoxy) is 2. The van der Waals surface area contributed by atoms with Crippen LogP contribution in [0.15, 0.2) is 50.1 Å². The molecule has 0 bridgehead atoms. The number of esters is 1. The van der Waals surface area contributed by atoms with Crippen molar-refractivity contribution in [3.8, 4) is 11.5 Å². The number of carbonyl (C=O) groups is 2. The first kappa shape index (κ1) is 24.0. The number of hydrogen-bond acceptors (Lipinski definition) is 9. The molecule has 3 heterocycles. The minimum atomic E-state index is -0.942. The highest BCUT2D eigenvalue weighted by Crippen LogP contribution is 2.44. The molecule has 0 spiro atoms. The molecule has 1 aliphatic rings. The lowest BCUT2D eigenvalue weighted by molar-refractivity contribution is 0.0531. The minimum Gasteiger partial charge on any atom is -0.504 e. The molecule has 1 amide bonds. The van der Waals surface area contributed by atoms with E-state index in [1.165, 1.54) is 18.1 Å². The first-order chi connectivity index (χ1) is 17.2. The van der Waals surface area contributed by atoms with Crippen molar-refractivity contribution in [2.75, 3.05) is 18.6 Å². The van der Waals surface area contributed by atoms with E-state index in [1.807, 2.05) is 0 Å². The van der Waals surface area contributed by atoms with Crippen molar-refractivity contribution in [2.45, 2.75) is 19.9 Å². The predicted molar refractivity (Wildman–Crippen MR) is 136 cm³/mol. The molecule has 1 unspecified atom stereocenters. The summed E-state index contributed by atoms with van der Waals surface area (Å²) in [6, 6.07) is 8.58. The van der Waals surface area contributed by atoms with Crippen LogP contribution in [-0.4, -0.2) is 35.7 Å². The Morgan fingerprint density at radius 2 is 2.03 bits per heavy atom. The van der Waals surface area contributed by atoms with Crippen molar-refractivity contribution in [3.63, 3.8) is 0 Å². The van der Waals surface area contributed by atoms with Crippen molar-refractivity contribution in [2.24, 2.45) is 0 Å². The van der Waals surface area contributed by atoms with E-state index in [0.29, 0.717) is 21.1 Å². The maximum Gasteiger partial charge on any atom is 0.350 e. The first-order valence-corrected chi connectivity index (χ1v) is 12.5. The zero-order valence-electron chi connectivity index (χ0n) is 19.3. The quantitative estimate of drug-likeness (QED) is 0.334. The molecule has 2 aromatic heterocycles. The summed E-state index contributed by atoms with van der Waals surface area (Å²) < 4.78 is 17.0. The van der Waals surface area contributed by atoms with Crippen molar-refractivity contribution < 1.29 is 28.6 Å². The van der Waals surface area contributed by atoms with E-state index in [4.69, 9.17) is 13.9 Å². The van der Waals surface area contributed by atoms with Crippen molar-refractivity contribution in [1.29, 1.82) is 0 Å². The molecule has 1 atom stereocenters. The zero-order valence-corrected chi connectivity index (χ0v) is 21.7. The molecular formula is C25H19BrN2O7S. The van der Waals surface area contributed by atoms with E-state index in [-0.39, 0.29) is 50.5 Å². The van der Waals surface area contributed by atoms with E-state index in [1.54, 1.807) is 44.2 Å². The number of aromatic hydroxyl groups is 1. The van der Waals surface area contributed by atoms with Gasteiger partial charge in [0.1, 0.15) is 10.5 Å². The summed E-state index contributed by atoms with van der Waals surface area (Å²) in [7, 11) is 1.40. The minimum absolute atomic E-state index is 0.0958. The number of carbonyl (C=O) groups excluding carboxylic acids is 2. The molecule has 0 saturated carbocycles. The Kier molecular flexibility index (Phi) is 6.05. The van der Waals surface area contributed by atoms with Crippen LogP contribution in [-0.2, 0) is 4.74 Å². The molecule has 0 aliphatic carbocycles. The van der Waals surface area contributed by atoms with Gasteiger partial charge in [0.05, 0.1) is 36.4 Å². The Morgan fingerprint density at radius 3 is 2.75 bits per heavy atom. The predicted octanol–water partition coefficient (Wildman–Crippen LogP) is 4.96. The number of halogens is 1. The average molecular weight is 571 g/mol. The fourth-order valence-corrected chi connectivity index (χ4v) is 5.54. The fourth-order valence-electron chi connectivity index (χ4n) is 4.19. The van der Waals surface area contributed by atoms with Gasteiger partial charge in [-0.15, -0.1) is 0 Å². The van der Waals surface area contributed by atoms with Crippen LogP contribution in [0.2, 0.25) is 0 Å². The summed E-state index contributed by atoms with van der Waals surface area (Å²) >= 11 is 4.37. The van der Waals surface area contributed by atoms with Crippen LogP contribution in [0.3, 0.4) is 0 Å². The number of methoxy groups -OCH3 is 1. The molecule has 5 rings (SSSR count). The van der Waals surface area contributed by atoms with Crippen LogP contribution >= 0.6 is 27.3 Å². The summed E-state index contributed by atoms with van der Waals surface area (Å²) in [6.07, 6.45) is 0. The lowest BCUT2D eigenvalue weighted by atomic mass is 9.98. The summed E-state index contributed by atoms with van der Waals surface area (Å²) in [5.41, 5.74) is 0.904. The molecular weight excluding hydrogens is 552 g/mol. The van der Waals surface area contributed by atoms with Gasteiger partial charge in [-0.05, 0) is 49.7 Å². The van der Waals surface area contributed by atoms with Gasteiger partial charge in [-0.3, -0.25) is 14.5 Å². The molecule has 2 aromatic carbocycles.